The first-order valence-corrected chi connectivity index (χ1v) is 15.9. The Labute approximate surface area is 205 Å². The van der Waals surface area contributed by atoms with Gasteiger partial charge in [-0.1, -0.05) is 152 Å². The number of carbonyl (C=O) groups is 2. The molecule has 1 N–H and O–H groups in total. The van der Waals surface area contributed by atoms with Gasteiger partial charge in [0.15, 0.2) is 0 Å². The second-order valence-electron chi connectivity index (χ2n) is 10.6. The van der Waals surface area contributed by atoms with E-state index in [0.717, 1.165) is 14.3 Å². The monoisotopic (exact) mass is 468 g/mol. The van der Waals surface area contributed by atoms with E-state index < -0.39 is 20.1 Å². The quantitative estimate of drug-likeness (QED) is 0.110. The predicted molar refractivity (Wildman–Crippen MR) is 143 cm³/mol. The molecule has 3 nitrogen and oxygen atoms in total. The van der Waals surface area contributed by atoms with Gasteiger partial charge >= 0.3 is 5.97 Å². The van der Waals surface area contributed by atoms with Crippen LogP contribution in [0.25, 0.3) is 0 Å². The first-order chi connectivity index (χ1) is 15.2. The Morgan fingerprint density at radius 2 is 1.00 bits per heavy atom. The van der Waals surface area contributed by atoms with Gasteiger partial charge in [-0.05, 0) is 6.92 Å². The number of ketones is 1. The Bertz CT molecular complexity index is 414. The van der Waals surface area contributed by atoms with E-state index in [1.165, 1.54) is 90.4 Å². The molecule has 0 bridgehead atoms. The highest BCUT2D eigenvalue weighted by Crippen LogP contribution is 2.37. The van der Waals surface area contributed by atoms with Gasteiger partial charge < -0.3 is 5.11 Å². The van der Waals surface area contributed by atoms with Gasteiger partial charge in [-0.15, -0.1) is 0 Å². The van der Waals surface area contributed by atoms with Crippen molar-refractivity contribution in [1.29, 1.82) is 0 Å². The molecule has 0 saturated carbocycles. The van der Waals surface area contributed by atoms with Gasteiger partial charge in [-0.2, -0.15) is 0 Å². The molecule has 0 saturated heterocycles. The summed E-state index contributed by atoms with van der Waals surface area (Å²) in [4.78, 5) is 19.5. The van der Waals surface area contributed by atoms with E-state index in [9.17, 15) is 9.59 Å². The van der Waals surface area contributed by atoms with Crippen LogP contribution in [0.2, 0.25) is 14.3 Å². The maximum absolute atomic E-state index is 9.87. The molecule has 32 heavy (non-hydrogen) atoms. The summed E-state index contributed by atoms with van der Waals surface area (Å²) in [6.07, 6.45) is 21.7. The summed E-state index contributed by atoms with van der Waals surface area (Å²) in [5.74, 6) is -1.37. The molecule has 1 unspecified atom stereocenters. The fraction of sp³-hybridized carbons (Fsp3) is 0.929. The van der Waals surface area contributed by atoms with Crippen molar-refractivity contribution in [2.24, 2.45) is 0 Å². The van der Waals surface area contributed by atoms with Crippen LogP contribution in [-0.2, 0) is 9.59 Å². The Kier molecular flexibility index (Phi) is 25.2. The summed E-state index contributed by atoms with van der Waals surface area (Å²) in [6.45, 7) is 16.0. The number of aliphatic carboxylic acids is 1. The summed E-state index contributed by atoms with van der Waals surface area (Å²) in [5, 5.41) is 7.86. The highest BCUT2D eigenvalue weighted by Gasteiger charge is 2.32. The molecule has 0 amide bonds. The Morgan fingerprint density at radius 1 is 0.656 bits per heavy atom. The molecule has 0 rings (SSSR count). The van der Waals surface area contributed by atoms with Gasteiger partial charge in [0.1, 0.15) is 12.2 Å². The fourth-order valence-electron chi connectivity index (χ4n) is 5.15. The highest BCUT2D eigenvalue weighted by molar-refractivity contribution is 6.63. The maximum atomic E-state index is 9.87. The molecule has 0 aromatic rings. The first kappa shape index (κ1) is 33.8. The van der Waals surface area contributed by atoms with E-state index >= 15 is 0 Å². The van der Waals surface area contributed by atoms with Gasteiger partial charge in [0.2, 0.25) is 0 Å². The average molecular weight is 469 g/mol. The molecule has 0 aliphatic carbocycles. The van der Waals surface area contributed by atoms with E-state index in [4.69, 9.17) is 5.11 Å². The molecular weight excluding hydrogens is 411 g/mol. The standard InChI is InChI=1S/C18H37.C4H6O3.2C3H7.Al/c1-3-5-7-9-11-13-15-17-18-16-14-12-10-8-6-4-2;1-3(5)2-4(6)7;2*1-3-2;/h17H,3-16,18H2,1-2H3;2H2,1H3,(H,6,7);2*3H,1-2H3;. The highest BCUT2D eigenvalue weighted by atomic mass is 27.2. The van der Waals surface area contributed by atoms with E-state index in [0.29, 0.717) is 0 Å². The van der Waals surface area contributed by atoms with Gasteiger partial charge in [0.05, 0.1) is 0 Å². The summed E-state index contributed by atoms with van der Waals surface area (Å²) in [5.41, 5.74) is 0. The number of hydrogen-bond donors (Lipinski definition) is 1. The lowest BCUT2D eigenvalue weighted by molar-refractivity contribution is -0.139. The van der Waals surface area contributed by atoms with Crippen molar-refractivity contribution in [2.45, 2.75) is 166 Å². The number of carboxylic acid groups (broad SMARTS) is 1. The van der Waals surface area contributed by atoms with Crippen molar-refractivity contribution >= 4 is 25.9 Å². The zero-order valence-corrected chi connectivity index (χ0v) is 24.0. The predicted octanol–water partition coefficient (Wildman–Crippen LogP) is 9.61. The Hall–Kier alpha value is -0.328. The van der Waals surface area contributed by atoms with Gasteiger partial charge in [-0.25, -0.2) is 0 Å². The summed E-state index contributed by atoms with van der Waals surface area (Å²) >= 11 is -0.630. The lowest BCUT2D eigenvalue weighted by atomic mass is 10.0. The molecule has 0 aliphatic rings. The Balaban J connectivity index is 0. The van der Waals surface area contributed by atoms with Gasteiger partial charge in [0.25, 0.3) is 14.1 Å². The molecular formula is C28H57AlO3. The molecule has 4 heteroatoms. The number of hydrogen-bond acceptors (Lipinski definition) is 2. The molecule has 0 radical (unpaired) electrons. The Morgan fingerprint density at radius 3 is 1.25 bits per heavy atom. The smallest absolute Gasteiger partial charge is 0.310 e. The minimum atomic E-state index is -1.06. The van der Waals surface area contributed by atoms with Crippen LogP contribution in [0.3, 0.4) is 0 Å². The number of rotatable bonds is 20. The van der Waals surface area contributed by atoms with Crippen LogP contribution in [0, 0.1) is 0 Å². The van der Waals surface area contributed by atoms with Crippen molar-refractivity contribution < 1.29 is 14.7 Å². The third-order valence-corrected chi connectivity index (χ3v) is 11.4. The van der Waals surface area contributed by atoms with Crippen molar-refractivity contribution in [3.8, 4) is 0 Å². The van der Waals surface area contributed by atoms with Crippen LogP contribution in [0.5, 0.6) is 0 Å². The van der Waals surface area contributed by atoms with Crippen molar-refractivity contribution in [3.05, 3.63) is 0 Å². The molecule has 0 spiro atoms. The third kappa shape index (κ3) is 22.9. The van der Waals surface area contributed by atoms with Crippen molar-refractivity contribution in [3.63, 3.8) is 0 Å². The van der Waals surface area contributed by atoms with Crippen LogP contribution < -0.4 is 0 Å². The molecule has 1 atom stereocenters. The normalized spacial score (nSPS) is 11.9. The van der Waals surface area contributed by atoms with Crippen LogP contribution in [0.4, 0.5) is 0 Å². The summed E-state index contributed by atoms with van der Waals surface area (Å²) in [7, 11) is 0. The van der Waals surface area contributed by atoms with E-state index in [1.807, 2.05) is 0 Å². The average Bonchev–Trinajstić information content (AvgIpc) is 2.68. The molecule has 190 valence electrons. The van der Waals surface area contributed by atoms with Crippen LogP contribution in [0.1, 0.15) is 151 Å². The largest absolute Gasteiger partial charge is 0.481 e. The molecule has 0 aliphatic heterocycles. The number of carbonyl (C=O) groups excluding carboxylic acids is 1. The lowest BCUT2D eigenvalue weighted by Gasteiger charge is -2.29. The summed E-state index contributed by atoms with van der Waals surface area (Å²) < 4.78 is 3.08. The second-order valence-corrected chi connectivity index (χ2v) is 15.3. The third-order valence-electron chi connectivity index (χ3n) is 6.59. The van der Waals surface area contributed by atoms with Crippen LogP contribution >= 0.6 is 0 Å². The number of unbranched alkanes of at least 4 members (excludes halogenated alkanes) is 11. The maximum Gasteiger partial charge on any atom is 0.310 e. The lowest BCUT2D eigenvalue weighted by Crippen LogP contribution is -2.28. The van der Waals surface area contributed by atoms with Gasteiger partial charge in [-0.3, -0.25) is 9.59 Å². The van der Waals surface area contributed by atoms with Crippen molar-refractivity contribution in [1.82, 2.24) is 0 Å². The first-order valence-electron chi connectivity index (χ1n) is 13.9. The van der Waals surface area contributed by atoms with Crippen molar-refractivity contribution in [2.75, 3.05) is 0 Å². The van der Waals surface area contributed by atoms with E-state index in [-0.39, 0.29) is 12.2 Å². The topological polar surface area (TPSA) is 54.4 Å². The zero-order chi connectivity index (χ0) is 24.8. The van der Waals surface area contributed by atoms with Crippen LogP contribution in [-0.4, -0.2) is 31.0 Å². The minimum Gasteiger partial charge on any atom is -0.481 e. The number of Topliss-reactive ketones (excluding diaryl/α,β-unsaturated/α-hetero) is 1. The second kappa shape index (κ2) is 23.8. The fourth-order valence-corrected chi connectivity index (χ4v) is 10.1. The minimum absolute atomic E-state index is 0.312. The molecule has 0 fully saturated rings. The van der Waals surface area contributed by atoms with E-state index in [1.54, 1.807) is 12.8 Å². The molecule has 0 aromatic carbocycles. The molecule has 0 heterocycles. The zero-order valence-electron chi connectivity index (χ0n) is 22.9. The summed E-state index contributed by atoms with van der Waals surface area (Å²) in [6, 6.07) is 0. The van der Waals surface area contributed by atoms with Gasteiger partial charge in [0, 0.05) is 0 Å². The van der Waals surface area contributed by atoms with Crippen LogP contribution in [0.15, 0.2) is 0 Å². The number of carboxylic acids is 1. The SMILES string of the molecule is CC(=O)CC(=O)O.CCCCCCCCC[CH](CCCCCCCC)[Al]([CH](C)C)[CH](C)C. The molecule has 0 aromatic heterocycles. The van der Waals surface area contributed by atoms with E-state index in [2.05, 4.69) is 41.5 Å².